The average Bonchev–Trinajstić information content (AvgIpc) is 2.23. The van der Waals surface area contributed by atoms with E-state index in [1.807, 2.05) is 0 Å². The fourth-order valence-electron chi connectivity index (χ4n) is 2.15. The Bertz CT molecular complexity index is 343. The fraction of sp³-hybridized carbons (Fsp3) is 0.500. The van der Waals surface area contributed by atoms with Crippen LogP contribution in [0, 0.1) is 5.82 Å². The van der Waals surface area contributed by atoms with Gasteiger partial charge in [0.05, 0.1) is 0 Å². The zero-order valence-electron chi connectivity index (χ0n) is 8.55. The number of nitrogens with two attached hydrogens (primary N) is 1. The van der Waals surface area contributed by atoms with Crippen molar-refractivity contribution in [1.82, 2.24) is 0 Å². The summed E-state index contributed by atoms with van der Waals surface area (Å²) < 4.78 is 27.4. The summed E-state index contributed by atoms with van der Waals surface area (Å²) in [5.41, 5.74) is 4.80. The summed E-state index contributed by atoms with van der Waals surface area (Å²) in [6, 6.07) is 5.93. The van der Waals surface area contributed by atoms with Crippen LogP contribution in [-0.2, 0) is 5.67 Å². The van der Waals surface area contributed by atoms with E-state index >= 15 is 0 Å². The Morgan fingerprint density at radius 2 is 1.93 bits per heavy atom. The van der Waals surface area contributed by atoms with Gasteiger partial charge in [0.1, 0.15) is 11.5 Å². The molecule has 1 aromatic carbocycles. The third-order valence-corrected chi connectivity index (χ3v) is 3.16. The van der Waals surface area contributed by atoms with Crippen LogP contribution in [0.1, 0.15) is 31.2 Å². The largest absolute Gasteiger partial charge is 0.328 e. The van der Waals surface area contributed by atoms with Crippen molar-refractivity contribution in [1.29, 1.82) is 0 Å². The summed E-state index contributed by atoms with van der Waals surface area (Å²) in [6.07, 6.45) is 2.15. The van der Waals surface area contributed by atoms with Crippen molar-refractivity contribution < 1.29 is 8.78 Å². The molecule has 1 aromatic rings. The first-order valence-corrected chi connectivity index (χ1v) is 5.31. The molecule has 1 aliphatic rings. The van der Waals surface area contributed by atoms with E-state index in [4.69, 9.17) is 5.73 Å². The summed E-state index contributed by atoms with van der Waals surface area (Å²) in [7, 11) is 0. The van der Waals surface area contributed by atoms with Gasteiger partial charge in [-0.15, -0.1) is 0 Å². The lowest BCUT2D eigenvalue weighted by Gasteiger charge is -2.32. The van der Waals surface area contributed by atoms with Crippen LogP contribution in [0.25, 0.3) is 0 Å². The number of rotatable bonds is 1. The normalized spacial score (nSPS) is 31.5. The summed E-state index contributed by atoms with van der Waals surface area (Å²) in [4.78, 5) is 0. The molecule has 0 radical (unpaired) electrons. The molecule has 0 aromatic heterocycles. The van der Waals surface area contributed by atoms with E-state index in [1.54, 1.807) is 12.1 Å². The molecule has 0 unspecified atom stereocenters. The van der Waals surface area contributed by atoms with E-state index < -0.39 is 5.67 Å². The zero-order chi connectivity index (χ0) is 10.9. The molecule has 0 bridgehead atoms. The SMILES string of the molecule is NC1CCC(F)(c2cccc(F)c2)CC1. The first kappa shape index (κ1) is 10.6. The van der Waals surface area contributed by atoms with Crippen LogP contribution < -0.4 is 5.73 Å². The summed E-state index contributed by atoms with van der Waals surface area (Å²) in [6.45, 7) is 0. The van der Waals surface area contributed by atoms with E-state index in [-0.39, 0.29) is 11.9 Å². The summed E-state index contributed by atoms with van der Waals surface area (Å²) >= 11 is 0. The van der Waals surface area contributed by atoms with Crippen molar-refractivity contribution in [3.05, 3.63) is 35.6 Å². The predicted molar refractivity (Wildman–Crippen MR) is 55.6 cm³/mol. The van der Waals surface area contributed by atoms with Crippen molar-refractivity contribution in [2.75, 3.05) is 0 Å². The number of halogens is 2. The monoisotopic (exact) mass is 211 g/mol. The highest BCUT2D eigenvalue weighted by molar-refractivity contribution is 5.24. The molecular weight excluding hydrogens is 196 g/mol. The summed E-state index contributed by atoms with van der Waals surface area (Å²) in [5.74, 6) is -0.376. The van der Waals surface area contributed by atoms with Crippen LogP contribution in [0.2, 0.25) is 0 Å². The molecule has 15 heavy (non-hydrogen) atoms. The summed E-state index contributed by atoms with van der Waals surface area (Å²) in [5, 5.41) is 0. The average molecular weight is 211 g/mol. The van der Waals surface area contributed by atoms with Gasteiger partial charge in [-0.05, 0) is 43.4 Å². The van der Waals surface area contributed by atoms with E-state index in [2.05, 4.69) is 0 Å². The number of hydrogen-bond acceptors (Lipinski definition) is 1. The first-order valence-electron chi connectivity index (χ1n) is 5.31. The standard InChI is InChI=1S/C12H15F2N/c13-10-3-1-2-9(8-10)12(14)6-4-11(15)5-7-12/h1-3,8,11H,4-7,15H2. The van der Waals surface area contributed by atoms with E-state index in [1.165, 1.54) is 12.1 Å². The van der Waals surface area contributed by atoms with Crippen LogP contribution in [0.5, 0.6) is 0 Å². The molecule has 0 heterocycles. The van der Waals surface area contributed by atoms with Crippen molar-refractivity contribution >= 4 is 0 Å². The van der Waals surface area contributed by atoms with Gasteiger partial charge in [0.2, 0.25) is 0 Å². The highest BCUT2D eigenvalue weighted by atomic mass is 19.1. The molecule has 0 amide bonds. The molecule has 1 nitrogen and oxygen atoms in total. The second-order valence-corrected chi connectivity index (χ2v) is 4.31. The molecule has 0 saturated heterocycles. The molecule has 0 aliphatic heterocycles. The predicted octanol–water partition coefficient (Wildman–Crippen LogP) is 2.89. The zero-order valence-corrected chi connectivity index (χ0v) is 8.55. The van der Waals surface area contributed by atoms with Crippen LogP contribution in [0.15, 0.2) is 24.3 Å². The van der Waals surface area contributed by atoms with Gasteiger partial charge in [-0.2, -0.15) is 0 Å². The maximum absolute atomic E-state index is 14.4. The van der Waals surface area contributed by atoms with Gasteiger partial charge in [0.25, 0.3) is 0 Å². The Morgan fingerprint density at radius 1 is 1.27 bits per heavy atom. The Kier molecular flexibility index (Phi) is 2.74. The number of benzene rings is 1. The Morgan fingerprint density at radius 3 is 2.53 bits per heavy atom. The quantitative estimate of drug-likeness (QED) is 0.759. The maximum Gasteiger partial charge on any atom is 0.136 e. The molecule has 0 atom stereocenters. The molecule has 82 valence electrons. The van der Waals surface area contributed by atoms with Crippen molar-refractivity contribution in [2.45, 2.75) is 37.4 Å². The lowest BCUT2D eigenvalue weighted by atomic mass is 9.79. The van der Waals surface area contributed by atoms with Gasteiger partial charge in [-0.1, -0.05) is 12.1 Å². The highest BCUT2D eigenvalue weighted by Gasteiger charge is 2.36. The Balaban J connectivity index is 2.22. The second kappa shape index (κ2) is 3.89. The van der Waals surface area contributed by atoms with Crippen LogP contribution >= 0.6 is 0 Å². The Labute approximate surface area is 88.3 Å². The molecule has 2 N–H and O–H groups in total. The van der Waals surface area contributed by atoms with Crippen LogP contribution in [-0.4, -0.2) is 6.04 Å². The van der Waals surface area contributed by atoms with Crippen LogP contribution in [0.3, 0.4) is 0 Å². The van der Waals surface area contributed by atoms with E-state index in [0.29, 0.717) is 31.2 Å². The molecule has 2 rings (SSSR count). The minimum atomic E-state index is -1.38. The molecular formula is C12H15F2N. The minimum absolute atomic E-state index is 0.0995. The number of alkyl halides is 1. The fourth-order valence-corrected chi connectivity index (χ4v) is 2.15. The van der Waals surface area contributed by atoms with Crippen molar-refractivity contribution in [2.24, 2.45) is 5.73 Å². The van der Waals surface area contributed by atoms with Gasteiger partial charge < -0.3 is 5.73 Å². The lowest BCUT2D eigenvalue weighted by molar-refractivity contribution is 0.0975. The lowest BCUT2D eigenvalue weighted by Crippen LogP contribution is -2.33. The van der Waals surface area contributed by atoms with Gasteiger partial charge >= 0.3 is 0 Å². The van der Waals surface area contributed by atoms with E-state index in [0.717, 1.165) is 0 Å². The van der Waals surface area contributed by atoms with Gasteiger partial charge in [0.15, 0.2) is 0 Å². The minimum Gasteiger partial charge on any atom is -0.328 e. The molecule has 1 saturated carbocycles. The van der Waals surface area contributed by atoms with Crippen molar-refractivity contribution in [3.8, 4) is 0 Å². The number of hydrogen-bond donors (Lipinski definition) is 1. The van der Waals surface area contributed by atoms with Crippen molar-refractivity contribution in [3.63, 3.8) is 0 Å². The van der Waals surface area contributed by atoms with Crippen LogP contribution in [0.4, 0.5) is 8.78 Å². The third kappa shape index (κ3) is 2.17. The second-order valence-electron chi connectivity index (χ2n) is 4.31. The molecule has 1 fully saturated rings. The van der Waals surface area contributed by atoms with Gasteiger partial charge in [0, 0.05) is 6.04 Å². The molecule has 1 aliphatic carbocycles. The first-order chi connectivity index (χ1) is 7.10. The molecule has 3 heteroatoms. The highest BCUT2D eigenvalue weighted by Crippen LogP contribution is 2.40. The van der Waals surface area contributed by atoms with E-state index in [9.17, 15) is 8.78 Å². The molecule has 0 spiro atoms. The van der Waals surface area contributed by atoms with Gasteiger partial charge in [-0.25, -0.2) is 8.78 Å². The maximum atomic E-state index is 14.4. The topological polar surface area (TPSA) is 26.0 Å². The third-order valence-electron chi connectivity index (χ3n) is 3.16. The Hall–Kier alpha value is -0.960. The van der Waals surface area contributed by atoms with Gasteiger partial charge in [-0.3, -0.25) is 0 Å². The smallest absolute Gasteiger partial charge is 0.136 e.